The second-order valence-electron chi connectivity index (χ2n) is 3.95. The van der Waals surface area contributed by atoms with E-state index >= 15 is 0 Å². The number of rotatable bonds is 3. The molecule has 0 radical (unpaired) electrons. The third-order valence-corrected chi connectivity index (χ3v) is 3.26. The number of benzene rings is 1. The topological polar surface area (TPSA) is 28.7 Å². The van der Waals surface area contributed by atoms with Crippen molar-refractivity contribution in [2.45, 2.75) is 19.8 Å². The molecule has 1 N–H and O–H groups in total. The molecular weight excluding hydrogens is 287 g/mol. The highest BCUT2D eigenvalue weighted by molar-refractivity contribution is 7.71. The lowest BCUT2D eigenvalue weighted by atomic mass is 10.1. The van der Waals surface area contributed by atoms with Crippen molar-refractivity contribution in [3.05, 3.63) is 44.8 Å². The number of halogens is 2. The second-order valence-corrected chi connectivity index (χ2v) is 5.22. The van der Waals surface area contributed by atoms with Crippen molar-refractivity contribution in [1.29, 1.82) is 0 Å². The quantitative estimate of drug-likeness (QED) is 0.802. The molecule has 0 aliphatic carbocycles. The molecule has 2 rings (SSSR count). The van der Waals surface area contributed by atoms with Gasteiger partial charge in [-0.1, -0.05) is 42.3 Å². The van der Waals surface area contributed by atoms with Gasteiger partial charge in [-0.15, -0.1) is 0 Å². The summed E-state index contributed by atoms with van der Waals surface area (Å²) in [6, 6.07) is 7.21. The molecule has 0 aliphatic rings. The van der Waals surface area contributed by atoms with Gasteiger partial charge >= 0.3 is 0 Å². The van der Waals surface area contributed by atoms with E-state index < -0.39 is 0 Å². The first-order valence-corrected chi connectivity index (χ1v) is 6.82. The molecule has 0 spiro atoms. The Bertz CT molecular complexity index is 623. The van der Waals surface area contributed by atoms with Crippen LogP contribution in [0, 0.1) is 4.64 Å². The minimum Gasteiger partial charge on any atom is -0.343 e. The Balaban J connectivity index is 2.53. The van der Waals surface area contributed by atoms with E-state index in [9.17, 15) is 0 Å². The molecule has 94 valence electrons. The molecule has 0 aliphatic heterocycles. The third-order valence-electron chi connectivity index (χ3n) is 2.50. The molecule has 2 aromatic rings. The minimum absolute atomic E-state index is 0.568. The number of aromatic nitrogens is 2. The van der Waals surface area contributed by atoms with E-state index in [0.29, 0.717) is 14.7 Å². The molecule has 0 saturated heterocycles. The van der Waals surface area contributed by atoms with Crippen LogP contribution < -0.4 is 0 Å². The van der Waals surface area contributed by atoms with E-state index in [2.05, 4.69) is 16.9 Å². The average molecular weight is 299 g/mol. The predicted molar refractivity (Wildman–Crippen MR) is 78.9 cm³/mol. The molecule has 0 unspecified atom stereocenters. The highest BCUT2D eigenvalue weighted by Gasteiger charge is 2.06. The Labute approximate surface area is 121 Å². The Morgan fingerprint density at radius 3 is 2.72 bits per heavy atom. The summed E-state index contributed by atoms with van der Waals surface area (Å²) in [4.78, 5) is 7.54. The standard InChI is InChI=1S/C13H12Cl2N2S/c1-2-3-12-16-11(7-13(18)17-12)9-5-4-8(14)6-10(9)15/h4-7H,2-3H2,1H3,(H,16,17,18). The Morgan fingerprint density at radius 1 is 1.28 bits per heavy atom. The van der Waals surface area contributed by atoms with Gasteiger partial charge in [-0.05, 0) is 30.7 Å². The van der Waals surface area contributed by atoms with Crippen LogP contribution in [0.25, 0.3) is 11.3 Å². The SMILES string of the molecule is CCCc1nc(=S)cc(-c2ccc(Cl)cc2Cl)[nH]1. The van der Waals surface area contributed by atoms with Gasteiger partial charge in [-0.25, -0.2) is 4.98 Å². The molecule has 5 heteroatoms. The number of aryl methyl sites for hydroxylation is 1. The van der Waals surface area contributed by atoms with Gasteiger partial charge in [-0.2, -0.15) is 0 Å². The van der Waals surface area contributed by atoms with Gasteiger partial charge in [0.1, 0.15) is 10.5 Å². The summed E-state index contributed by atoms with van der Waals surface area (Å²) in [5.41, 5.74) is 1.76. The van der Waals surface area contributed by atoms with Crippen LogP contribution in [-0.2, 0) is 6.42 Å². The smallest absolute Gasteiger partial charge is 0.130 e. The van der Waals surface area contributed by atoms with Gasteiger partial charge in [-0.3, -0.25) is 0 Å². The molecule has 1 aromatic carbocycles. The summed E-state index contributed by atoms with van der Waals surface area (Å²) < 4.78 is 0.568. The van der Waals surface area contributed by atoms with Gasteiger partial charge in [0.05, 0.1) is 10.7 Å². The van der Waals surface area contributed by atoms with Gasteiger partial charge in [0, 0.05) is 17.0 Å². The summed E-state index contributed by atoms with van der Waals surface area (Å²) in [5, 5.41) is 1.21. The fraction of sp³-hybridized carbons (Fsp3) is 0.231. The second kappa shape index (κ2) is 5.83. The van der Waals surface area contributed by atoms with Crippen molar-refractivity contribution < 1.29 is 0 Å². The van der Waals surface area contributed by atoms with Crippen molar-refractivity contribution in [3.63, 3.8) is 0 Å². The van der Waals surface area contributed by atoms with Gasteiger partial charge in [0.2, 0.25) is 0 Å². The zero-order chi connectivity index (χ0) is 13.1. The molecule has 0 saturated carbocycles. The van der Waals surface area contributed by atoms with Crippen LogP contribution >= 0.6 is 35.4 Å². The number of nitrogens with one attached hydrogen (secondary N) is 1. The van der Waals surface area contributed by atoms with E-state index in [1.807, 2.05) is 12.1 Å². The number of hydrogen-bond donors (Lipinski definition) is 1. The molecule has 0 atom stereocenters. The maximum absolute atomic E-state index is 6.19. The highest BCUT2D eigenvalue weighted by Crippen LogP contribution is 2.29. The number of hydrogen-bond acceptors (Lipinski definition) is 2. The van der Waals surface area contributed by atoms with E-state index in [-0.39, 0.29) is 0 Å². The van der Waals surface area contributed by atoms with Crippen LogP contribution in [0.15, 0.2) is 24.3 Å². The first-order chi connectivity index (χ1) is 8.60. The molecule has 1 heterocycles. The van der Waals surface area contributed by atoms with Crippen molar-refractivity contribution in [1.82, 2.24) is 9.97 Å². The summed E-state index contributed by atoms with van der Waals surface area (Å²) in [6.07, 6.45) is 1.87. The predicted octanol–water partition coefficient (Wildman–Crippen LogP) is 5.07. The van der Waals surface area contributed by atoms with Gasteiger partial charge in [0.15, 0.2) is 0 Å². The van der Waals surface area contributed by atoms with E-state index in [1.165, 1.54) is 0 Å². The summed E-state index contributed by atoms with van der Waals surface area (Å²) in [6.45, 7) is 2.10. The van der Waals surface area contributed by atoms with Crippen LogP contribution in [0.3, 0.4) is 0 Å². The zero-order valence-corrected chi connectivity index (χ0v) is 12.2. The van der Waals surface area contributed by atoms with Crippen molar-refractivity contribution in [3.8, 4) is 11.3 Å². The normalized spacial score (nSPS) is 10.6. The summed E-state index contributed by atoms with van der Waals surface area (Å²) in [5.74, 6) is 0.881. The molecular formula is C13H12Cl2N2S. The van der Waals surface area contributed by atoms with Crippen molar-refractivity contribution in [2.24, 2.45) is 0 Å². The Morgan fingerprint density at radius 2 is 2.06 bits per heavy atom. The lowest BCUT2D eigenvalue weighted by Gasteiger charge is -2.07. The average Bonchev–Trinajstić information content (AvgIpc) is 2.28. The van der Waals surface area contributed by atoms with Crippen LogP contribution in [0.5, 0.6) is 0 Å². The fourth-order valence-corrected chi connectivity index (χ4v) is 2.45. The highest BCUT2D eigenvalue weighted by atomic mass is 35.5. The van der Waals surface area contributed by atoms with Crippen LogP contribution in [0.1, 0.15) is 19.2 Å². The first-order valence-electron chi connectivity index (χ1n) is 5.66. The molecule has 18 heavy (non-hydrogen) atoms. The largest absolute Gasteiger partial charge is 0.343 e. The number of H-pyrrole nitrogens is 1. The summed E-state index contributed by atoms with van der Waals surface area (Å²) >= 11 is 17.2. The van der Waals surface area contributed by atoms with Crippen LogP contribution in [-0.4, -0.2) is 9.97 Å². The molecule has 0 fully saturated rings. The van der Waals surface area contributed by atoms with Crippen LogP contribution in [0.4, 0.5) is 0 Å². The molecule has 2 nitrogen and oxygen atoms in total. The van der Waals surface area contributed by atoms with E-state index in [0.717, 1.165) is 29.9 Å². The van der Waals surface area contributed by atoms with Gasteiger partial charge in [0.25, 0.3) is 0 Å². The lowest BCUT2D eigenvalue weighted by Crippen LogP contribution is -1.97. The molecule has 0 amide bonds. The van der Waals surface area contributed by atoms with Crippen LogP contribution in [0.2, 0.25) is 10.0 Å². The molecule has 0 bridgehead atoms. The van der Waals surface area contributed by atoms with E-state index in [1.54, 1.807) is 12.1 Å². The Hall–Kier alpha value is -0.900. The maximum Gasteiger partial charge on any atom is 0.130 e. The van der Waals surface area contributed by atoms with Crippen molar-refractivity contribution >= 4 is 35.4 Å². The van der Waals surface area contributed by atoms with E-state index in [4.69, 9.17) is 35.4 Å². The number of aromatic amines is 1. The Kier molecular flexibility index (Phi) is 4.38. The van der Waals surface area contributed by atoms with Gasteiger partial charge < -0.3 is 4.98 Å². The zero-order valence-electron chi connectivity index (χ0n) is 9.84. The number of nitrogens with zero attached hydrogens (tertiary/aromatic N) is 1. The van der Waals surface area contributed by atoms with Crippen molar-refractivity contribution in [2.75, 3.05) is 0 Å². The third kappa shape index (κ3) is 3.10. The molecule has 1 aromatic heterocycles. The monoisotopic (exact) mass is 298 g/mol. The first kappa shape index (κ1) is 13.5. The summed E-state index contributed by atoms with van der Waals surface area (Å²) in [7, 11) is 0. The minimum atomic E-state index is 0.568. The lowest BCUT2D eigenvalue weighted by molar-refractivity contribution is 0.833. The fourth-order valence-electron chi connectivity index (χ4n) is 1.72. The maximum atomic E-state index is 6.19.